The van der Waals surface area contributed by atoms with Gasteiger partial charge in [-0.05, 0) is 19.3 Å². The molecule has 8 heteroatoms. The Balaban J connectivity index is 0. The molecule has 0 radical (unpaired) electrons. The topological polar surface area (TPSA) is 78.9 Å². The molecule has 0 bridgehead atoms. The molecule has 178 valence electrons. The van der Waals surface area contributed by atoms with Crippen LogP contribution in [0.1, 0.15) is 92.9 Å². The highest BCUT2D eigenvalue weighted by atomic mass is 16.9. The van der Waals surface area contributed by atoms with Gasteiger partial charge in [0.25, 0.3) is 0 Å². The summed E-state index contributed by atoms with van der Waals surface area (Å²) in [5.41, 5.74) is 0. The van der Waals surface area contributed by atoms with E-state index in [9.17, 15) is 14.4 Å². The standard InChI is InChI=1S/C22H42NO6.BH4/c1-7-10-15-23(16-11-8-2,17-12-9-3)18-13-14-22(27-19(4)24,28-20(5)25)29-21(6)26;/h7-18H2,1-6H3;1H4/q+1;-1. The summed E-state index contributed by atoms with van der Waals surface area (Å²) < 4.78 is 16.5. The maximum Gasteiger partial charge on any atom is 0.423 e. The van der Waals surface area contributed by atoms with Gasteiger partial charge in [0, 0.05) is 27.2 Å². The molecular formula is C22H46BNO6. The van der Waals surface area contributed by atoms with Gasteiger partial charge in [-0.2, -0.15) is 0 Å². The van der Waals surface area contributed by atoms with Crippen molar-refractivity contribution >= 4 is 26.3 Å². The quantitative estimate of drug-likeness (QED) is 0.162. The first-order valence-corrected chi connectivity index (χ1v) is 11.1. The molecule has 0 N–H and O–H groups in total. The summed E-state index contributed by atoms with van der Waals surface area (Å²) in [5, 5.41) is 0. The van der Waals surface area contributed by atoms with Gasteiger partial charge >= 0.3 is 23.9 Å². The van der Waals surface area contributed by atoms with Crippen molar-refractivity contribution in [2.24, 2.45) is 0 Å². The fraction of sp³-hybridized carbons (Fsp3) is 0.864. The zero-order valence-corrected chi connectivity index (χ0v) is 19.4. The number of nitrogens with zero attached hydrogens (tertiary/aromatic N) is 1. The molecule has 0 saturated heterocycles. The van der Waals surface area contributed by atoms with E-state index in [2.05, 4.69) is 20.8 Å². The van der Waals surface area contributed by atoms with Crippen molar-refractivity contribution < 1.29 is 33.1 Å². The van der Waals surface area contributed by atoms with Gasteiger partial charge in [-0.15, -0.1) is 0 Å². The average Bonchev–Trinajstić information content (AvgIpc) is 2.60. The number of hydrogen-bond donors (Lipinski definition) is 0. The average molecular weight is 431 g/mol. The fourth-order valence-corrected chi connectivity index (χ4v) is 3.65. The number of ether oxygens (including phenoxy) is 3. The van der Waals surface area contributed by atoms with Crippen LogP contribution in [-0.2, 0) is 28.6 Å². The van der Waals surface area contributed by atoms with Crippen molar-refractivity contribution in [1.29, 1.82) is 0 Å². The summed E-state index contributed by atoms with van der Waals surface area (Å²) in [6.07, 6.45) is 7.58. The summed E-state index contributed by atoms with van der Waals surface area (Å²) in [7, 11) is 0. The van der Waals surface area contributed by atoms with Gasteiger partial charge in [-0.3, -0.25) is 14.4 Å². The van der Waals surface area contributed by atoms with E-state index in [1.165, 1.54) is 20.8 Å². The number of carbonyl (C=O) groups is 3. The van der Waals surface area contributed by atoms with Crippen molar-refractivity contribution in [3.05, 3.63) is 0 Å². The van der Waals surface area contributed by atoms with Crippen molar-refractivity contribution in [1.82, 2.24) is 0 Å². The van der Waals surface area contributed by atoms with Crippen LogP contribution in [-0.4, -0.2) is 63.0 Å². The second-order valence-electron chi connectivity index (χ2n) is 7.86. The second kappa shape index (κ2) is 16.2. The number of quaternary nitrogens is 1. The summed E-state index contributed by atoms with van der Waals surface area (Å²) in [5.74, 6) is -4.00. The van der Waals surface area contributed by atoms with E-state index in [1.807, 2.05) is 0 Å². The van der Waals surface area contributed by atoms with E-state index in [1.54, 1.807) is 0 Å². The normalized spacial score (nSPS) is 11.4. The summed E-state index contributed by atoms with van der Waals surface area (Å²) >= 11 is 0. The van der Waals surface area contributed by atoms with Crippen LogP contribution in [0.25, 0.3) is 0 Å². The summed E-state index contributed by atoms with van der Waals surface area (Å²) in [4.78, 5) is 34.8. The second-order valence-corrected chi connectivity index (χ2v) is 7.86. The zero-order valence-electron chi connectivity index (χ0n) is 19.4. The third-order valence-corrected chi connectivity index (χ3v) is 4.97. The van der Waals surface area contributed by atoms with Crippen LogP contribution in [0.15, 0.2) is 0 Å². The number of rotatable bonds is 16. The molecule has 0 aromatic carbocycles. The number of unbranched alkanes of at least 4 members (excludes halogenated alkanes) is 3. The van der Waals surface area contributed by atoms with Crippen LogP contribution in [0.2, 0.25) is 0 Å². The first-order valence-electron chi connectivity index (χ1n) is 11.1. The largest absolute Gasteiger partial charge is 0.423 e. The minimum Gasteiger partial charge on any atom is -0.388 e. The molecule has 0 atom stereocenters. The van der Waals surface area contributed by atoms with Crippen LogP contribution in [0.5, 0.6) is 0 Å². The summed E-state index contributed by atoms with van der Waals surface area (Å²) in [6.45, 7) is 14.3. The van der Waals surface area contributed by atoms with E-state index in [0.717, 1.165) is 69.2 Å². The monoisotopic (exact) mass is 431 g/mol. The third kappa shape index (κ3) is 12.9. The predicted molar refractivity (Wildman–Crippen MR) is 123 cm³/mol. The predicted octanol–water partition coefficient (Wildman–Crippen LogP) is 2.88. The van der Waals surface area contributed by atoms with Crippen LogP contribution in [0.4, 0.5) is 0 Å². The number of esters is 3. The van der Waals surface area contributed by atoms with Gasteiger partial charge in [0.15, 0.2) is 0 Å². The van der Waals surface area contributed by atoms with Crippen LogP contribution >= 0.6 is 0 Å². The lowest BCUT2D eigenvalue weighted by Crippen LogP contribution is -2.51. The van der Waals surface area contributed by atoms with Gasteiger partial charge in [0.05, 0.1) is 32.6 Å². The van der Waals surface area contributed by atoms with Gasteiger partial charge in [0.2, 0.25) is 0 Å². The molecule has 0 fully saturated rings. The van der Waals surface area contributed by atoms with Crippen molar-refractivity contribution in [2.45, 2.75) is 98.9 Å². The first-order chi connectivity index (χ1) is 13.6. The van der Waals surface area contributed by atoms with E-state index in [0.29, 0.717) is 6.42 Å². The van der Waals surface area contributed by atoms with Crippen molar-refractivity contribution in [3.63, 3.8) is 0 Å². The van der Waals surface area contributed by atoms with Crippen LogP contribution < -0.4 is 0 Å². The van der Waals surface area contributed by atoms with Crippen molar-refractivity contribution in [2.75, 3.05) is 26.2 Å². The minimum absolute atomic E-state index is 0. The highest BCUT2D eigenvalue weighted by Gasteiger charge is 2.42. The molecule has 0 aliphatic rings. The molecule has 0 aliphatic heterocycles. The third-order valence-electron chi connectivity index (χ3n) is 4.97. The molecule has 0 unspecified atom stereocenters. The summed E-state index contributed by atoms with van der Waals surface area (Å²) in [6, 6.07) is 0. The van der Waals surface area contributed by atoms with E-state index in [-0.39, 0.29) is 14.8 Å². The smallest absolute Gasteiger partial charge is 0.388 e. The van der Waals surface area contributed by atoms with E-state index < -0.39 is 23.9 Å². The molecule has 0 aliphatic carbocycles. The molecule has 0 rings (SSSR count). The maximum absolute atomic E-state index is 11.6. The zero-order chi connectivity index (χ0) is 22.3. The lowest BCUT2D eigenvalue weighted by atomic mass is 10.1. The Labute approximate surface area is 185 Å². The Morgan fingerprint density at radius 1 is 0.633 bits per heavy atom. The van der Waals surface area contributed by atoms with Gasteiger partial charge in [0.1, 0.15) is 0 Å². The first kappa shape index (κ1) is 30.6. The van der Waals surface area contributed by atoms with Crippen LogP contribution in [0.3, 0.4) is 0 Å². The Bertz CT molecular complexity index is 449. The molecule has 0 heterocycles. The van der Waals surface area contributed by atoms with Crippen LogP contribution in [0, 0.1) is 0 Å². The molecule has 0 aromatic rings. The van der Waals surface area contributed by atoms with E-state index >= 15 is 0 Å². The van der Waals surface area contributed by atoms with Gasteiger partial charge in [-0.25, -0.2) is 0 Å². The molecule has 30 heavy (non-hydrogen) atoms. The molecular weight excluding hydrogens is 385 g/mol. The molecule has 0 spiro atoms. The Morgan fingerprint density at radius 3 is 1.20 bits per heavy atom. The number of carbonyl (C=O) groups excluding carboxylic acids is 3. The molecule has 0 saturated carbocycles. The van der Waals surface area contributed by atoms with Crippen molar-refractivity contribution in [3.8, 4) is 0 Å². The molecule has 7 nitrogen and oxygen atoms in total. The molecule has 0 amide bonds. The van der Waals surface area contributed by atoms with Gasteiger partial charge in [-0.1, -0.05) is 48.4 Å². The lowest BCUT2D eigenvalue weighted by Gasteiger charge is -2.40. The highest BCUT2D eigenvalue weighted by Crippen LogP contribution is 2.26. The number of hydrogen-bond acceptors (Lipinski definition) is 6. The Morgan fingerprint density at radius 2 is 0.933 bits per heavy atom. The highest BCUT2D eigenvalue weighted by molar-refractivity contribution is 5.75. The Hall–Kier alpha value is -1.57. The van der Waals surface area contributed by atoms with E-state index in [4.69, 9.17) is 14.2 Å². The fourth-order valence-electron chi connectivity index (χ4n) is 3.65. The minimum atomic E-state index is -1.99. The Kier molecular flexibility index (Phi) is 16.5. The molecule has 0 aromatic heterocycles. The maximum atomic E-state index is 11.6. The van der Waals surface area contributed by atoms with Gasteiger partial charge < -0.3 is 18.7 Å². The lowest BCUT2D eigenvalue weighted by molar-refractivity contribution is -0.929. The SMILES string of the molecule is CCCC[N+](CCCC)(CCCC)CCCC(OC(C)=O)(OC(C)=O)OC(C)=O.[BH4-].